The topological polar surface area (TPSA) is 47.5 Å². The second kappa shape index (κ2) is 5.63. The maximum absolute atomic E-state index is 5.90. The third-order valence-corrected chi connectivity index (χ3v) is 3.71. The Kier molecular flexibility index (Phi) is 3.69. The second-order valence-corrected chi connectivity index (χ2v) is 5.20. The first-order valence-electron chi connectivity index (χ1n) is 6.90. The first-order chi connectivity index (χ1) is 9.74. The van der Waals surface area contributed by atoms with Crippen LogP contribution in [0.25, 0.3) is 10.9 Å². The van der Waals surface area contributed by atoms with Gasteiger partial charge >= 0.3 is 6.01 Å². The standard InChI is InChI=1S/C15H19N3O2/c1-18-7-5-12(6-8-18)20-15-16-10-11-3-4-13(19-2)9-14(11)17-15/h3-4,9-10,12H,5-8H2,1-2H3. The lowest BCUT2D eigenvalue weighted by Crippen LogP contribution is -2.35. The summed E-state index contributed by atoms with van der Waals surface area (Å²) in [5, 5.41) is 0.988. The van der Waals surface area contributed by atoms with E-state index in [1.165, 1.54) is 0 Å². The third-order valence-electron chi connectivity index (χ3n) is 3.71. The Labute approximate surface area is 118 Å². The number of piperidine rings is 1. The lowest BCUT2D eigenvalue weighted by atomic mass is 10.1. The van der Waals surface area contributed by atoms with Crippen LogP contribution in [-0.2, 0) is 0 Å². The smallest absolute Gasteiger partial charge is 0.317 e. The van der Waals surface area contributed by atoms with Crippen molar-refractivity contribution in [2.45, 2.75) is 18.9 Å². The van der Waals surface area contributed by atoms with Gasteiger partial charge in [-0.25, -0.2) is 4.98 Å². The molecule has 0 saturated carbocycles. The zero-order valence-electron chi connectivity index (χ0n) is 11.9. The van der Waals surface area contributed by atoms with Gasteiger partial charge in [-0.15, -0.1) is 0 Å². The van der Waals surface area contributed by atoms with E-state index >= 15 is 0 Å². The van der Waals surface area contributed by atoms with Crippen molar-refractivity contribution in [3.63, 3.8) is 0 Å². The van der Waals surface area contributed by atoms with Gasteiger partial charge in [0, 0.05) is 30.7 Å². The van der Waals surface area contributed by atoms with Crippen LogP contribution in [-0.4, -0.2) is 48.2 Å². The van der Waals surface area contributed by atoms with Crippen molar-refractivity contribution in [1.82, 2.24) is 14.9 Å². The van der Waals surface area contributed by atoms with Crippen LogP contribution in [0.4, 0.5) is 0 Å². The molecule has 1 aromatic heterocycles. The van der Waals surface area contributed by atoms with E-state index < -0.39 is 0 Å². The number of rotatable bonds is 3. The molecule has 0 N–H and O–H groups in total. The number of likely N-dealkylation sites (tertiary alicyclic amines) is 1. The number of hydrogen-bond acceptors (Lipinski definition) is 5. The van der Waals surface area contributed by atoms with E-state index in [1.807, 2.05) is 18.2 Å². The Hall–Kier alpha value is -1.88. The first kappa shape index (κ1) is 13.1. The Morgan fingerprint density at radius 3 is 2.80 bits per heavy atom. The summed E-state index contributed by atoms with van der Waals surface area (Å²) < 4.78 is 11.1. The van der Waals surface area contributed by atoms with E-state index in [-0.39, 0.29) is 6.10 Å². The van der Waals surface area contributed by atoms with Crippen LogP contribution in [0.2, 0.25) is 0 Å². The molecule has 0 atom stereocenters. The molecule has 5 heteroatoms. The van der Waals surface area contributed by atoms with E-state index in [4.69, 9.17) is 9.47 Å². The first-order valence-corrected chi connectivity index (χ1v) is 6.90. The van der Waals surface area contributed by atoms with Crippen LogP contribution in [0.15, 0.2) is 24.4 Å². The van der Waals surface area contributed by atoms with Gasteiger partial charge in [0.15, 0.2) is 0 Å². The van der Waals surface area contributed by atoms with Crippen molar-refractivity contribution < 1.29 is 9.47 Å². The van der Waals surface area contributed by atoms with Gasteiger partial charge in [-0.2, -0.15) is 4.98 Å². The van der Waals surface area contributed by atoms with Gasteiger partial charge in [-0.1, -0.05) is 0 Å². The van der Waals surface area contributed by atoms with Gasteiger partial charge in [0.1, 0.15) is 11.9 Å². The van der Waals surface area contributed by atoms with E-state index in [2.05, 4.69) is 21.9 Å². The lowest BCUT2D eigenvalue weighted by molar-refractivity contribution is 0.105. The minimum absolute atomic E-state index is 0.217. The molecule has 0 amide bonds. The third kappa shape index (κ3) is 2.82. The van der Waals surface area contributed by atoms with Crippen LogP contribution in [0.1, 0.15) is 12.8 Å². The van der Waals surface area contributed by atoms with Crippen LogP contribution in [0.3, 0.4) is 0 Å². The van der Waals surface area contributed by atoms with Crippen molar-refractivity contribution in [3.05, 3.63) is 24.4 Å². The number of hydrogen-bond donors (Lipinski definition) is 0. The largest absolute Gasteiger partial charge is 0.497 e. The van der Waals surface area contributed by atoms with E-state index in [1.54, 1.807) is 13.3 Å². The van der Waals surface area contributed by atoms with Crippen LogP contribution >= 0.6 is 0 Å². The molecule has 0 unspecified atom stereocenters. The molecule has 2 heterocycles. The average Bonchev–Trinajstić information content (AvgIpc) is 2.49. The fraction of sp³-hybridized carbons (Fsp3) is 0.467. The summed E-state index contributed by atoms with van der Waals surface area (Å²) in [5.41, 5.74) is 0.849. The van der Waals surface area contributed by atoms with Crippen molar-refractivity contribution in [1.29, 1.82) is 0 Å². The maximum Gasteiger partial charge on any atom is 0.317 e. The Morgan fingerprint density at radius 2 is 2.05 bits per heavy atom. The Balaban J connectivity index is 1.78. The SMILES string of the molecule is COc1ccc2cnc(OC3CCN(C)CC3)nc2c1. The monoisotopic (exact) mass is 273 g/mol. The quantitative estimate of drug-likeness (QED) is 0.857. The van der Waals surface area contributed by atoms with Gasteiger partial charge in [-0.05, 0) is 32.0 Å². The normalized spacial score (nSPS) is 17.3. The molecule has 1 aliphatic rings. The molecule has 5 nitrogen and oxygen atoms in total. The molecule has 0 spiro atoms. The van der Waals surface area contributed by atoms with Crippen molar-refractivity contribution in [2.24, 2.45) is 0 Å². The van der Waals surface area contributed by atoms with Crippen molar-refractivity contribution in [2.75, 3.05) is 27.2 Å². The molecular formula is C15H19N3O2. The molecule has 0 radical (unpaired) electrons. The molecular weight excluding hydrogens is 254 g/mol. The highest BCUT2D eigenvalue weighted by molar-refractivity contribution is 5.79. The predicted octanol–water partition coefficient (Wildman–Crippen LogP) is 2.11. The van der Waals surface area contributed by atoms with Gasteiger partial charge in [0.25, 0.3) is 0 Å². The van der Waals surface area contributed by atoms with Crippen LogP contribution in [0, 0.1) is 0 Å². The Bertz CT molecular complexity index is 595. The summed E-state index contributed by atoms with van der Waals surface area (Å²) in [4.78, 5) is 11.1. The zero-order valence-corrected chi connectivity index (χ0v) is 11.9. The molecule has 20 heavy (non-hydrogen) atoms. The number of aromatic nitrogens is 2. The second-order valence-electron chi connectivity index (χ2n) is 5.20. The zero-order chi connectivity index (χ0) is 13.9. The highest BCUT2D eigenvalue weighted by Gasteiger charge is 2.19. The number of nitrogens with zero attached hydrogens (tertiary/aromatic N) is 3. The molecule has 1 aromatic carbocycles. The number of methoxy groups -OCH3 is 1. The van der Waals surface area contributed by atoms with Crippen molar-refractivity contribution in [3.8, 4) is 11.8 Å². The maximum atomic E-state index is 5.90. The lowest BCUT2D eigenvalue weighted by Gasteiger charge is -2.28. The summed E-state index contributed by atoms with van der Waals surface area (Å²) in [6.45, 7) is 2.12. The fourth-order valence-corrected chi connectivity index (χ4v) is 2.42. The molecule has 1 aliphatic heterocycles. The van der Waals surface area contributed by atoms with Crippen LogP contribution in [0.5, 0.6) is 11.8 Å². The van der Waals surface area contributed by atoms with Gasteiger partial charge < -0.3 is 14.4 Å². The predicted molar refractivity (Wildman–Crippen MR) is 77.2 cm³/mol. The molecule has 1 fully saturated rings. The number of benzene rings is 1. The highest BCUT2D eigenvalue weighted by atomic mass is 16.5. The van der Waals surface area contributed by atoms with Gasteiger partial charge in [0.05, 0.1) is 12.6 Å². The summed E-state index contributed by atoms with van der Waals surface area (Å²) in [5.74, 6) is 0.793. The molecule has 2 aromatic rings. The molecule has 1 saturated heterocycles. The van der Waals surface area contributed by atoms with Gasteiger partial charge in [0.2, 0.25) is 0 Å². The van der Waals surface area contributed by atoms with Crippen molar-refractivity contribution >= 4 is 10.9 Å². The summed E-state index contributed by atoms with van der Waals surface area (Å²) in [6.07, 6.45) is 4.06. The Morgan fingerprint density at radius 1 is 1.25 bits per heavy atom. The highest BCUT2D eigenvalue weighted by Crippen LogP contribution is 2.21. The minimum Gasteiger partial charge on any atom is -0.497 e. The molecule has 3 rings (SSSR count). The number of fused-ring (bicyclic) bond motifs is 1. The summed E-state index contributed by atoms with van der Waals surface area (Å²) >= 11 is 0. The van der Waals surface area contributed by atoms with Crippen LogP contribution < -0.4 is 9.47 Å². The molecule has 0 aliphatic carbocycles. The average molecular weight is 273 g/mol. The number of ether oxygens (including phenoxy) is 2. The molecule has 106 valence electrons. The summed E-state index contributed by atoms with van der Waals surface area (Å²) in [7, 11) is 3.79. The molecule has 0 bridgehead atoms. The summed E-state index contributed by atoms with van der Waals surface area (Å²) in [6, 6.07) is 6.22. The van der Waals surface area contributed by atoms with E-state index in [9.17, 15) is 0 Å². The van der Waals surface area contributed by atoms with E-state index in [0.717, 1.165) is 42.6 Å². The van der Waals surface area contributed by atoms with Gasteiger partial charge in [-0.3, -0.25) is 0 Å². The van der Waals surface area contributed by atoms with E-state index in [0.29, 0.717) is 6.01 Å². The fourth-order valence-electron chi connectivity index (χ4n) is 2.42. The minimum atomic E-state index is 0.217.